The van der Waals surface area contributed by atoms with Gasteiger partial charge in [0.25, 0.3) is 0 Å². The Morgan fingerprint density at radius 3 is 1.77 bits per heavy atom. The highest BCUT2D eigenvalue weighted by molar-refractivity contribution is 5.97. The smallest absolute Gasteiger partial charge is 0.308 e. The van der Waals surface area contributed by atoms with Gasteiger partial charge in [-0.3, -0.25) is 9.59 Å². The Morgan fingerprint density at radius 1 is 0.818 bits per heavy atom. The summed E-state index contributed by atoms with van der Waals surface area (Å²) in [4.78, 5) is 23.0. The van der Waals surface area contributed by atoms with Gasteiger partial charge in [-0.25, -0.2) is 0 Å². The van der Waals surface area contributed by atoms with Crippen LogP contribution in [-0.4, -0.2) is 11.9 Å². The lowest BCUT2D eigenvalue weighted by atomic mass is 10.1. The van der Waals surface area contributed by atoms with Crippen molar-refractivity contribution in [3.8, 4) is 0 Å². The number of hydrogen-bond donors (Lipinski definition) is 1. The molecule has 0 aliphatic carbocycles. The van der Waals surface area contributed by atoms with Crippen molar-refractivity contribution in [3.63, 3.8) is 0 Å². The number of ether oxygens (including phenoxy) is 1. The van der Waals surface area contributed by atoms with Crippen LogP contribution in [0.5, 0.6) is 0 Å². The molecule has 2 aromatic rings. The van der Waals surface area contributed by atoms with Crippen molar-refractivity contribution in [2.75, 3.05) is 0 Å². The van der Waals surface area contributed by atoms with Gasteiger partial charge in [0, 0.05) is 25.0 Å². The van der Waals surface area contributed by atoms with Gasteiger partial charge in [-0.2, -0.15) is 0 Å². The summed E-state index contributed by atoms with van der Waals surface area (Å²) in [6, 6.07) is 18.5. The van der Waals surface area contributed by atoms with Gasteiger partial charge in [-0.1, -0.05) is 60.7 Å². The van der Waals surface area contributed by atoms with Crippen molar-refractivity contribution in [1.82, 2.24) is 5.32 Å². The van der Waals surface area contributed by atoms with E-state index in [0.717, 1.165) is 5.56 Å². The van der Waals surface area contributed by atoms with Crippen LogP contribution in [0, 0.1) is 0 Å². The molecule has 0 radical (unpaired) electrons. The number of nitrogens with one attached hydrogen (secondary N) is 1. The van der Waals surface area contributed by atoms with Crippen molar-refractivity contribution in [2.24, 2.45) is 0 Å². The first-order valence-electron chi connectivity index (χ1n) is 6.89. The maximum Gasteiger partial charge on any atom is 0.308 e. The number of carbonyl (C=O) groups is 2. The molecule has 0 spiro atoms. The molecule has 0 saturated carbocycles. The Morgan fingerprint density at radius 2 is 1.32 bits per heavy atom. The standard InChI is InChI=1S/C18H17NO3/c1-13(20)19-17(15-9-5-3-6-10-15)18(22-14(2)21)16-11-7-4-8-12-16/h3-12H,1-2H3,(H,19,20)/b18-17+. The Kier molecular flexibility index (Phi) is 5.09. The molecule has 0 unspecified atom stereocenters. The van der Waals surface area contributed by atoms with E-state index in [1.165, 1.54) is 13.8 Å². The second-order valence-corrected chi connectivity index (χ2v) is 4.71. The minimum atomic E-state index is -0.447. The average molecular weight is 295 g/mol. The molecule has 4 nitrogen and oxygen atoms in total. The zero-order valence-corrected chi connectivity index (χ0v) is 12.5. The highest BCUT2D eigenvalue weighted by Gasteiger charge is 2.16. The fraction of sp³-hybridized carbons (Fsp3) is 0.111. The molecular formula is C18H17NO3. The van der Waals surface area contributed by atoms with Gasteiger partial charge in [-0.05, 0) is 0 Å². The Bertz CT molecular complexity index is 629. The van der Waals surface area contributed by atoms with E-state index in [1.54, 1.807) is 0 Å². The number of hydrogen-bond acceptors (Lipinski definition) is 3. The van der Waals surface area contributed by atoms with Crippen LogP contribution in [0.1, 0.15) is 25.0 Å². The van der Waals surface area contributed by atoms with Gasteiger partial charge in [0.1, 0.15) is 0 Å². The maximum absolute atomic E-state index is 11.6. The fourth-order valence-electron chi connectivity index (χ4n) is 2.03. The molecule has 0 aromatic heterocycles. The summed E-state index contributed by atoms with van der Waals surface area (Å²) in [7, 11) is 0. The summed E-state index contributed by atoms with van der Waals surface area (Å²) in [5.74, 6) is -0.355. The minimum Gasteiger partial charge on any atom is -0.424 e. The van der Waals surface area contributed by atoms with E-state index in [-0.39, 0.29) is 5.91 Å². The first-order chi connectivity index (χ1) is 10.6. The van der Waals surface area contributed by atoms with Gasteiger partial charge in [0.2, 0.25) is 5.91 Å². The lowest BCUT2D eigenvalue weighted by molar-refractivity contribution is -0.134. The molecule has 22 heavy (non-hydrogen) atoms. The molecule has 1 N–H and O–H groups in total. The number of benzene rings is 2. The highest BCUT2D eigenvalue weighted by atomic mass is 16.5. The Hall–Kier alpha value is -2.88. The predicted octanol–water partition coefficient (Wildman–Crippen LogP) is 3.21. The monoisotopic (exact) mass is 295 g/mol. The number of carbonyl (C=O) groups excluding carboxylic acids is 2. The van der Waals surface area contributed by atoms with E-state index in [2.05, 4.69) is 5.32 Å². The summed E-state index contributed by atoms with van der Waals surface area (Å²) in [5, 5.41) is 2.76. The molecular weight excluding hydrogens is 278 g/mol. The van der Waals surface area contributed by atoms with E-state index in [9.17, 15) is 9.59 Å². The fourth-order valence-corrected chi connectivity index (χ4v) is 2.03. The SMILES string of the molecule is CC(=O)N/C(=C(/OC(C)=O)c1ccccc1)c1ccccc1. The van der Waals surface area contributed by atoms with Crippen LogP contribution in [0.15, 0.2) is 60.7 Å². The minimum absolute atomic E-state index is 0.237. The Labute approximate surface area is 129 Å². The molecule has 0 aliphatic heterocycles. The quantitative estimate of drug-likeness (QED) is 0.535. The molecule has 0 aliphatic rings. The molecule has 0 atom stereocenters. The topological polar surface area (TPSA) is 55.4 Å². The molecule has 0 heterocycles. The molecule has 0 saturated heterocycles. The predicted molar refractivity (Wildman–Crippen MR) is 85.3 cm³/mol. The van der Waals surface area contributed by atoms with Gasteiger partial charge < -0.3 is 10.1 Å². The first kappa shape index (κ1) is 15.5. The van der Waals surface area contributed by atoms with Crippen LogP contribution in [0.3, 0.4) is 0 Å². The van der Waals surface area contributed by atoms with Gasteiger partial charge in [-0.15, -0.1) is 0 Å². The Balaban J connectivity index is 2.64. The van der Waals surface area contributed by atoms with Crippen molar-refractivity contribution in [1.29, 1.82) is 0 Å². The summed E-state index contributed by atoms with van der Waals surface area (Å²) in [6.45, 7) is 2.75. The van der Waals surface area contributed by atoms with Crippen LogP contribution in [0.4, 0.5) is 0 Å². The van der Waals surface area contributed by atoms with Crippen LogP contribution < -0.4 is 5.32 Å². The first-order valence-corrected chi connectivity index (χ1v) is 6.89. The summed E-state index contributed by atoms with van der Waals surface area (Å²) in [6.07, 6.45) is 0. The van der Waals surface area contributed by atoms with Gasteiger partial charge >= 0.3 is 5.97 Å². The van der Waals surface area contributed by atoms with Crippen LogP contribution >= 0.6 is 0 Å². The second kappa shape index (κ2) is 7.22. The largest absolute Gasteiger partial charge is 0.424 e. The van der Waals surface area contributed by atoms with E-state index in [0.29, 0.717) is 17.0 Å². The molecule has 2 rings (SSSR count). The molecule has 0 fully saturated rings. The highest BCUT2D eigenvalue weighted by Crippen LogP contribution is 2.25. The molecule has 112 valence electrons. The maximum atomic E-state index is 11.6. The summed E-state index contributed by atoms with van der Waals surface area (Å²) in [5.41, 5.74) is 1.94. The zero-order chi connectivity index (χ0) is 15.9. The van der Waals surface area contributed by atoms with E-state index in [4.69, 9.17) is 4.74 Å². The zero-order valence-electron chi connectivity index (χ0n) is 12.5. The van der Waals surface area contributed by atoms with Gasteiger partial charge in [0.05, 0.1) is 5.70 Å². The van der Waals surface area contributed by atoms with E-state index < -0.39 is 5.97 Å². The third kappa shape index (κ3) is 4.06. The molecule has 1 amide bonds. The van der Waals surface area contributed by atoms with Crippen LogP contribution in [0.2, 0.25) is 0 Å². The average Bonchev–Trinajstić information content (AvgIpc) is 2.52. The summed E-state index contributed by atoms with van der Waals surface area (Å²) < 4.78 is 5.38. The molecule has 0 bridgehead atoms. The van der Waals surface area contributed by atoms with E-state index in [1.807, 2.05) is 60.7 Å². The number of esters is 1. The van der Waals surface area contributed by atoms with E-state index >= 15 is 0 Å². The second-order valence-electron chi connectivity index (χ2n) is 4.71. The lowest BCUT2D eigenvalue weighted by Gasteiger charge is -2.15. The third-order valence-corrected chi connectivity index (χ3v) is 2.87. The number of rotatable bonds is 4. The summed E-state index contributed by atoms with van der Waals surface area (Å²) >= 11 is 0. The van der Waals surface area contributed by atoms with Crippen molar-refractivity contribution < 1.29 is 14.3 Å². The van der Waals surface area contributed by atoms with Crippen molar-refractivity contribution in [2.45, 2.75) is 13.8 Å². The lowest BCUT2D eigenvalue weighted by Crippen LogP contribution is -2.20. The van der Waals surface area contributed by atoms with Crippen LogP contribution in [0.25, 0.3) is 11.5 Å². The van der Waals surface area contributed by atoms with Crippen molar-refractivity contribution >= 4 is 23.3 Å². The normalized spacial score (nSPS) is 11.4. The van der Waals surface area contributed by atoms with Crippen LogP contribution in [-0.2, 0) is 14.3 Å². The molecule has 4 heteroatoms. The van der Waals surface area contributed by atoms with Gasteiger partial charge in [0.15, 0.2) is 5.76 Å². The third-order valence-electron chi connectivity index (χ3n) is 2.87. The molecule has 2 aromatic carbocycles. The van der Waals surface area contributed by atoms with Crippen molar-refractivity contribution in [3.05, 3.63) is 71.8 Å². The number of amides is 1.